The van der Waals surface area contributed by atoms with Crippen LogP contribution in [0.25, 0.3) is 10.8 Å². The average Bonchev–Trinajstić information content (AvgIpc) is 2.66. The summed E-state index contributed by atoms with van der Waals surface area (Å²) >= 11 is 0. The monoisotopic (exact) mass is 358 g/mol. The smallest absolute Gasteiger partial charge is 0.387 e. The Hall–Kier alpha value is -1.64. The minimum atomic E-state index is -2.77. The van der Waals surface area contributed by atoms with Gasteiger partial charge in [0, 0.05) is 0 Å². The van der Waals surface area contributed by atoms with Crippen molar-refractivity contribution in [2.75, 3.05) is 0 Å². The molecule has 140 valence electrons. The molecule has 2 aromatic carbocycles. The molecular formula is C23H28F2O. The molecule has 0 heterocycles. The van der Waals surface area contributed by atoms with Crippen LogP contribution in [-0.4, -0.2) is 6.61 Å². The highest BCUT2D eigenvalue weighted by Crippen LogP contribution is 2.48. The molecule has 1 nitrogen and oxygen atoms in total. The second-order valence-corrected chi connectivity index (χ2v) is 8.26. The first kappa shape index (κ1) is 17.8. The SMILES string of the molecule is CC[C@@H]1CC[C@@H]2CC(c3ccc4cc(OC(F)F)ccc4c3)CCC2C1. The van der Waals surface area contributed by atoms with Crippen molar-refractivity contribution in [3.05, 3.63) is 42.0 Å². The van der Waals surface area contributed by atoms with Crippen LogP contribution >= 0.6 is 0 Å². The molecule has 0 amide bonds. The molecule has 26 heavy (non-hydrogen) atoms. The Morgan fingerprint density at radius 3 is 2.46 bits per heavy atom. The number of alkyl halides is 2. The molecule has 2 aliphatic carbocycles. The van der Waals surface area contributed by atoms with Crippen LogP contribution in [0, 0.1) is 17.8 Å². The van der Waals surface area contributed by atoms with E-state index in [4.69, 9.17) is 0 Å². The summed E-state index contributed by atoms with van der Waals surface area (Å²) in [5.41, 5.74) is 1.41. The fourth-order valence-corrected chi connectivity index (χ4v) is 5.33. The molecule has 0 aromatic heterocycles. The van der Waals surface area contributed by atoms with Crippen LogP contribution in [0.1, 0.15) is 63.4 Å². The second kappa shape index (κ2) is 7.54. The molecule has 3 heteroatoms. The van der Waals surface area contributed by atoms with Gasteiger partial charge < -0.3 is 4.74 Å². The standard InChI is InChI=1S/C23H28F2O/c1-2-15-3-4-17-12-18(6-5-16(17)11-15)19-7-8-21-14-22(26-23(24)25)10-9-20(21)13-19/h7-10,13-18,23H,2-6,11-12H2,1H3/t15-,16?,17-,18?/m1/s1. The molecule has 2 unspecified atom stereocenters. The fourth-order valence-electron chi connectivity index (χ4n) is 5.33. The normalized spacial score (nSPS) is 28.9. The van der Waals surface area contributed by atoms with Gasteiger partial charge in [-0.15, -0.1) is 0 Å². The summed E-state index contributed by atoms with van der Waals surface area (Å²) in [5, 5.41) is 2.07. The molecule has 0 spiro atoms. The summed E-state index contributed by atoms with van der Waals surface area (Å²) in [7, 11) is 0. The third-order valence-corrected chi connectivity index (χ3v) is 6.83. The summed E-state index contributed by atoms with van der Waals surface area (Å²) < 4.78 is 29.3. The van der Waals surface area contributed by atoms with Gasteiger partial charge in [-0.05, 0) is 84.2 Å². The number of ether oxygens (including phenoxy) is 1. The molecular weight excluding hydrogens is 330 g/mol. The van der Waals surface area contributed by atoms with Crippen LogP contribution < -0.4 is 4.74 Å². The van der Waals surface area contributed by atoms with E-state index in [1.165, 1.54) is 50.5 Å². The number of fused-ring (bicyclic) bond motifs is 2. The number of hydrogen-bond donors (Lipinski definition) is 0. The van der Waals surface area contributed by atoms with E-state index >= 15 is 0 Å². The third-order valence-electron chi connectivity index (χ3n) is 6.83. The van der Waals surface area contributed by atoms with Crippen molar-refractivity contribution < 1.29 is 13.5 Å². The molecule has 0 saturated heterocycles. The molecule has 2 fully saturated rings. The highest BCUT2D eigenvalue weighted by atomic mass is 19.3. The lowest BCUT2D eigenvalue weighted by molar-refractivity contribution is -0.0497. The molecule has 4 atom stereocenters. The zero-order chi connectivity index (χ0) is 18.1. The van der Waals surface area contributed by atoms with Gasteiger partial charge in [-0.25, -0.2) is 0 Å². The van der Waals surface area contributed by atoms with E-state index in [2.05, 4.69) is 29.9 Å². The van der Waals surface area contributed by atoms with Crippen molar-refractivity contribution in [3.8, 4) is 5.75 Å². The second-order valence-electron chi connectivity index (χ2n) is 8.26. The Morgan fingerprint density at radius 1 is 0.923 bits per heavy atom. The number of rotatable bonds is 4. The van der Waals surface area contributed by atoms with Crippen LogP contribution in [0.2, 0.25) is 0 Å². The van der Waals surface area contributed by atoms with Crippen molar-refractivity contribution >= 4 is 10.8 Å². The highest BCUT2D eigenvalue weighted by molar-refractivity contribution is 5.84. The molecule has 2 aromatic rings. The Balaban J connectivity index is 1.49. The van der Waals surface area contributed by atoms with Gasteiger partial charge in [0.25, 0.3) is 0 Å². The van der Waals surface area contributed by atoms with Gasteiger partial charge in [-0.2, -0.15) is 8.78 Å². The first-order chi connectivity index (χ1) is 12.6. The molecule has 2 saturated carbocycles. The van der Waals surface area contributed by atoms with Crippen molar-refractivity contribution in [2.24, 2.45) is 17.8 Å². The Kier molecular flexibility index (Phi) is 5.15. The molecule has 0 N–H and O–H groups in total. The van der Waals surface area contributed by atoms with Crippen molar-refractivity contribution in [1.29, 1.82) is 0 Å². The van der Waals surface area contributed by atoms with Crippen LogP contribution in [-0.2, 0) is 0 Å². The maximum Gasteiger partial charge on any atom is 0.387 e. The van der Waals surface area contributed by atoms with E-state index in [1.54, 1.807) is 12.1 Å². The summed E-state index contributed by atoms with van der Waals surface area (Å²) in [6, 6.07) is 11.7. The quantitative estimate of drug-likeness (QED) is 0.564. The van der Waals surface area contributed by atoms with E-state index in [0.717, 1.165) is 28.5 Å². The van der Waals surface area contributed by atoms with Gasteiger partial charge >= 0.3 is 6.61 Å². The summed E-state index contributed by atoms with van der Waals surface area (Å²) in [6.45, 7) is -0.437. The van der Waals surface area contributed by atoms with Gasteiger partial charge in [0.05, 0.1) is 0 Å². The van der Waals surface area contributed by atoms with Crippen LogP contribution in [0.5, 0.6) is 5.75 Å². The topological polar surface area (TPSA) is 9.23 Å². The fraction of sp³-hybridized carbons (Fsp3) is 0.565. The lowest BCUT2D eigenvalue weighted by atomic mass is 9.63. The van der Waals surface area contributed by atoms with E-state index in [-0.39, 0.29) is 5.75 Å². The lowest BCUT2D eigenvalue weighted by Gasteiger charge is -2.42. The van der Waals surface area contributed by atoms with E-state index in [0.29, 0.717) is 5.92 Å². The van der Waals surface area contributed by atoms with Crippen LogP contribution in [0.3, 0.4) is 0 Å². The minimum absolute atomic E-state index is 0.230. The third kappa shape index (κ3) is 3.72. The maximum absolute atomic E-state index is 12.4. The highest BCUT2D eigenvalue weighted by Gasteiger charge is 2.35. The maximum atomic E-state index is 12.4. The van der Waals surface area contributed by atoms with Gasteiger partial charge in [-0.3, -0.25) is 0 Å². The first-order valence-corrected chi connectivity index (χ1v) is 10.1. The van der Waals surface area contributed by atoms with E-state index in [1.807, 2.05) is 6.07 Å². The minimum Gasteiger partial charge on any atom is -0.435 e. The summed E-state index contributed by atoms with van der Waals surface area (Å²) in [5.74, 6) is 3.68. The number of halogens is 2. The molecule has 0 aliphatic heterocycles. The van der Waals surface area contributed by atoms with Crippen LogP contribution in [0.4, 0.5) is 8.78 Å². The summed E-state index contributed by atoms with van der Waals surface area (Å²) in [4.78, 5) is 0. The lowest BCUT2D eigenvalue weighted by Crippen LogP contribution is -2.30. The number of benzene rings is 2. The Labute approximate surface area is 154 Å². The van der Waals surface area contributed by atoms with E-state index < -0.39 is 6.61 Å². The average molecular weight is 358 g/mol. The Bertz CT molecular complexity index is 757. The van der Waals surface area contributed by atoms with Crippen molar-refractivity contribution in [2.45, 2.75) is 64.4 Å². The van der Waals surface area contributed by atoms with Crippen LogP contribution in [0.15, 0.2) is 36.4 Å². The Morgan fingerprint density at radius 2 is 1.65 bits per heavy atom. The van der Waals surface area contributed by atoms with E-state index in [9.17, 15) is 8.78 Å². The zero-order valence-corrected chi connectivity index (χ0v) is 15.5. The van der Waals surface area contributed by atoms with Gasteiger partial charge in [0.15, 0.2) is 0 Å². The zero-order valence-electron chi connectivity index (χ0n) is 15.5. The summed E-state index contributed by atoms with van der Waals surface area (Å²) in [6.07, 6.45) is 9.57. The van der Waals surface area contributed by atoms with Gasteiger partial charge in [-0.1, -0.05) is 44.0 Å². The molecule has 4 rings (SSSR count). The largest absolute Gasteiger partial charge is 0.435 e. The predicted molar refractivity (Wildman–Crippen MR) is 102 cm³/mol. The van der Waals surface area contributed by atoms with Gasteiger partial charge in [0.2, 0.25) is 0 Å². The first-order valence-electron chi connectivity index (χ1n) is 10.1. The van der Waals surface area contributed by atoms with Gasteiger partial charge in [0.1, 0.15) is 5.75 Å². The van der Waals surface area contributed by atoms with Crippen molar-refractivity contribution in [1.82, 2.24) is 0 Å². The molecule has 0 radical (unpaired) electrons. The van der Waals surface area contributed by atoms with Crippen molar-refractivity contribution in [3.63, 3.8) is 0 Å². The molecule has 2 aliphatic rings. The number of hydrogen-bond acceptors (Lipinski definition) is 1. The molecule has 0 bridgehead atoms. The predicted octanol–water partition coefficient (Wildman–Crippen LogP) is 7.15.